The monoisotopic (exact) mass is 1840 g/mol. The number of amidine groups is 1. The molecule has 3 unspecified atom stereocenters. The molecule has 0 saturated carbocycles. The van der Waals surface area contributed by atoms with Crippen molar-refractivity contribution >= 4 is 28.8 Å². The molecule has 1 saturated heterocycles. The van der Waals surface area contributed by atoms with E-state index in [4.69, 9.17) is 15.2 Å². The Morgan fingerprint density at radius 1 is 0.359 bits per heavy atom. The molecule has 142 heavy (non-hydrogen) atoms. The Balaban J connectivity index is 0.000000105. The molecular weight excluding hydrogens is 1730 g/mol. The summed E-state index contributed by atoms with van der Waals surface area (Å²) in [6.45, 7) is 8.35. The first-order valence-corrected chi connectivity index (χ1v) is 48.7. The first-order valence-electron chi connectivity index (χ1n) is 48.7. The van der Waals surface area contributed by atoms with E-state index < -0.39 is 22.5 Å². The number of rotatable bonds is 17. The highest BCUT2D eigenvalue weighted by Gasteiger charge is 2.68. The number of benzene rings is 18. The number of fused-ring (bicyclic) bond motifs is 7. The zero-order chi connectivity index (χ0) is 97.0. The molecule has 3 atom stereocenters. The normalized spacial score (nSPS) is 17.8. The molecule has 9 nitrogen and oxygen atoms in total. The van der Waals surface area contributed by atoms with Crippen LogP contribution in [0.2, 0.25) is 0 Å². The van der Waals surface area contributed by atoms with E-state index in [0.29, 0.717) is 31.7 Å². The van der Waals surface area contributed by atoms with Crippen LogP contribution in [0, 0.1) is 11.3 Å². The molecule has 2 heterocycles. The Bertz CT molecular complexity index is 7400. The van der Waals surface area contributed by atoms with Crippen molar-refractivity contribution in [2.24, 2.45) is 15.9 Å². The molecule has 0 bridgehead atoms. The van der Waals surface area contributed by atoms with Crippen LogP contribution in [0.1, 0.15) is 171 Å². The quantitative estimate of drug-likeness (QED) is 0.0355. The fourth-order valence-corrected chi connectivity index (χ4v) is 23.6. The lowest BCUT2D eigenvalue weighted by Crippen LogP contribution is -2.40. The Morgan fingerprint density at radius 2 is 0.683 bits per heavy atom. The lowest BCUT2D eigenvalue weighted by molar-refractivity contribution is 0.0984. The highest BCUT2D eigenvalue weighted by atomic mass is 16.6. The second-order valence-corrected chi connectivity index (χ2v) is 36.9. The van der Waals surface area contributed by atoms with Crippen LogP contribution in [0.3, 0.4) is 0 Å². The Morgan fingerprint density at radius 3 is 1.09 bits per heavy atom. The molecule has 18 aromatic rings. The highest BCUT2D eigenvalue weighted by molar-refractivity contribution is 6.08. The summed E-state index contributed by atoms with van der Waals surface area (Å²) in [6.07, 6.45) is 6.36. The summed E-state index contributed by atoms with van der Waals surface area (Å²) in [5.74, 6) is 1.80. The van der Waals surface area contributed by atoms with Gasteiger partial charge in [-0.3, -0.25) is 4.79 Å². The van der Waals surface area contributed by atoms with Crippen molar-refractivity contribution in [3.63, 3.8) is 0 Å². The molecule has 25 rings (SSSR count). The van der Waals surface area contributed by atoms with Gasteiger partial charge in [-0.15, -0.1) is 6.58 Å². The maximum absolute atomic E-state index is 12.6. The second-order valence-electron chi connectivity index (χ2n) is 36.9. The van der Waals surface area contributed by atoms with Crippen LogP contribution in [-0.2, 0) is 47.6 Å². The summed E-state index contributed by atoms with van der Waals surface area (Å²) in [6, 6.07) is 178. The first kappa shape index (κ1) is 92.7. The number of Topliss-reactive ketones (excluding diaryl/α,β-unsaturated/α-hetero) is 1. The van der Waals surface area contributed by atoms with Crippen molar-refractivity contribution in [1.82, 2.24) is 0 Å². The van der Waals surface area contributed by atoms with Crippen LogP contribution in [0.15, 0.2) is 551 Å². The number of nitrogens with zero attached hydrogens (tertiary/aromatic N) is 3. The number of para-hydroxylation sites is 1. The third kappa shape index (κ3) is 16.2. The maximum atomic E-state index is 12.6. The van der Waals surface area contributed by atoms with Crippen molar-refractivity contribution in [1.29, 1.82) is 5.26 Å². The average molecular weight is 1840 g/mol. The average Bonchev–Trinajstić information content (AvgIpc) is 1.50. The van der Waals surface area contributed by atoms with E-state index in [-0.39, 0.29) is 33.5 Å². The molecule has 9 heteroatoms. The zero-order valence-electron chi connectivity index (χ0n) is 79.0. The number of nitriles is 1. The van der Waals surface area contributed by atoms with Gasteiger partial charge in [0.2, 0.25) is 0 Å². The fourth-order valence-electron chi connectivity index (χ4n) is 23.6. The predicted octanol–water partition coefficient (Wildman–Crippen LogP) is 28.8. The number of allylic oxidation sites excluding steroid dienone is 2. The van der Waals surface area contributed by atoms with E-state index in [1.807, 2.05) is 182 Å². The van der Waals surface area contributed by atoms with Crippen molar-refractivity contribution < 1.29 is 24.6 Å². The van der Waals surface area contributed by atoms with Gasteiger partial charge in [0.1, 0.15) is 29.2 Å². The second kappa shape index (κ2) is 40.6. The molecule has 1 spiro atoms. The standard InChI is InChI=1S/C27H24O.C23H17NO.C21H17NO.C21H18O.C21H16O.C20H16N2/c1-3-13-25-26(28-20-4-2)23-18-11-12-19-24(23)27(25,21-14-7-5-8-15-21)22-16-9-6-10-17-22;24-15-21-23(25-21)16-22(17-9-3-1-4-10-17,18-11-5-2-6-12-18)19-13-7-8-14-20(19)23;23-22-20-15-21(16-9-3-1-4-10-16,17-11-5-2-6-12-17)19-14-8-7-13-18(19)20;2*22-20-15-21(16-9-3-1-4-10-16,17-11-5-2-6-12-17)19-14-8-7-13-18(19)20;21-19-20(15-9-3-1-4-10-15,16-11-5-2-6-12-16)17-13-7-8-14-18(17)22-19/h3-12,14-19H,1-2,13,20H2;1-14,21H,16H2;1-14,23H,15H2;1-14,20,22H,15H2;1-14H,15H2;1-14H,(H2,21,22)/b;;22-20+;;;. The zero-order valence-corrected chi connectivity index (χ0v) is 79.0. The molecule has 2 aliphatic heterocycles. The number of ether oxygens (including phenoxy) is 2. The van der Waals surface area contributed by atoms with Gasteiger partial charge in [0.25, 0.3) is 0 Å². The molecular formula is C133H108N4O5. The summed E-state index contributed by atoms with van der Waals surface area (Å²) in [4.78, 5) is 17.3. The first-order chi connectivity index (χ1) is 70.0. The topological polar surface area (TPSA) is 154 Å². The summed E-state index contributed by atoms with van der Waals surface area (Å²) >= 11 is 0. The number of carbonyl (C=O) groups is 1. The molecule has 690 valence electrons. The number of nitrogens with two attached hydrogens (primary N) is 1. The lowest BCUT2D eigenvalue weighted by Gasteiger charge is -2.35. The van der Waals surface area contributed by atoms with Crippen LogP contribution in [0.4, 0.5) is 5.69 Å². The van der Waals surface area contributed by atoms with Crippen LogP contribution in [0.25, 0.3) is 5.76 Å². The summed E-state index contributed by atoms with van der Waals surface area (Å²) < 4.78 is 12.2. The summed E-state index contributed by atoms with van der Waals surface area (Å²) in [5, 5.41) is 33.3. The van der Waals surface area contributed by atoms with E-state index in [2.05, 4.69) is 363 Å². The molecule has 0 amide bonds. The molecule has 0 aromatic heterocycles. The van der Waals surface area contributed by atoms with Gasteiger partial charge >= 0.3 is 0 Å². The van der Waals surface area contributed by atoms with E-state index in [1.54, 1.807) is 6.08 Å². The molecule has 5 aliphatic carbocycles. The Labute approximate surface area is 832 Å². The van der Waals surface area contributed by atoms with E-state index in [1.165, 1.54) is 83.5 Å². The molecule has 7 aliphatic rings. The van der Waals surface area contributed by atoms with Crippen molar-refractivity contribution in [3.8, 4) is 6.07 Å². The van der Waals surface area contributed by atoms with Gasteiger partial charge in [0.15, 0.2) is 11.9 Å². The molecule has 1 fully saturated rings. The van der Waals surface area contributed by atoms with Gasteiger partial charge in [0.05, 0.1) is 39.8 Å². The predicted molar refractivity (Wildman–Crippen MR) is 573 cm³/mol. The third-order valence-corrected chi connectivity index (χ3v) is 29.7. The summed E-state index contributed by atoms with van der Waals surface area (Å²) in [7, 11) is 0. The maximum Gasteiger partial charge on any atom is 0.178 e. The minimum Gasteiger partial charge on any atom is -0.489 e. The summed E-state index contributed by atoms with van der Waals surface area (Å²) in [5.41, 5.74) is 33.8. The van der Waals surface area contributed by atoms with Gasteiger partial charge < -0.3 is 25.5 Å². The van der Waals surface area contributed by atoms with Crippen molar-refractivity contribution in [3.05, 3.63) is 668 Å². The van der Waals surface area contributed by atoms with E-state index in [9.17, 15) is 20.4 Å². The number of aliphatic hydroxyl groups is 1. The van der Waals surface area contributed by atoms with Crippen molar-refractivity contribution in [2.75, 3.05) is 6.61 Å². The van der Waals surface area contributed by atoms with Crippen LogP contribution >= 0.6 is 0 Å². The minimum absolute atomic E-state index is 0.225. The number of oxime groups is 1. The van der Waals surface area contributed by atoms with Crippen LogP contribution < -0.4 is 5.73 Å². The number of aliphatic hydroxyl groups excluding tert-OH is 1. The van der Waals surface area contributed by atoms with Crippen LogP contribution in [-0.4, -0.2) is 40.4 Å². The Hall–Kier alpha value is -17.0. The van der Waals surface area contributed by atoms with Gasteiger partial charge in [-0.05, 0) is 130 Å². The van der Waals surface area contributed by atoms with Crippen molar-refractivity contribution in [2.45, 2.75) is 82.4 Å². The largest absolute Gasteiger partial charge is 0.489 e. The highest BCUT2D eigenvalue weighted by Crippen LogP contribution is 2.66. The number of epoxide rings is 1. The van der Waals surface area contributed by atoms with Gasteiger partial charge in [-0.1, -0.05) is 527 Å². The number of ketones is 1. The third-order valence-electron chi connectivity index (χ3n) is 29.7. The van der Waals surface area contributed by atoms with Crippen LogP contribution in [0.5, 0.6) is 0 Å². The van der Waals surface area contributed by atoms with Gasteiger partial charge in [-0.25, -0.2) is 4.99 Å². The minimum atomic E-state index is -0.501. The molecule has 18 aromatic carbocycles. The number of hydrogen-bond acceptors (Lipinski definition) is 9. The molecule has 4 N–H and O–H groups in total. The SMILES string of the molecule is C=CCOC1=C(CC=C)C(c2ccccc2)(c2ccccc2)c2ccccc21.N#CC1OC12CC(c1ccccc1)(c1ccccc1)c1ccccc12.NC1=Nc2ccccc2C1(c1ccccc1)c1ccccc1.O/N=C1\CC(c2ccccc2)(c2ccccc2)c2ccccc21.O=C1CC(c2ccccc2)(c2ccccc2)c2ccccc21.OC1CC(c2ccccc2)(c2ccccc2)c2ccccc21. The number of hydrogen-bond donors (Lipinski definition) is 3. The Kier molecular flexibility index (Phi) is 26.5. The smallest absolute Gasteiger partial charge is 0.178 e. The van der Waals surface area contributed by atoms with Gasteiger partial charge in [-0.2, -0.15) is 5.26 Å². The fraction of sp³-hybridized carbons (Fsp3) is 0.113. The van der Waals surface area contributed by atoms with E-state index >= 15 is 0 Å². The molecule has 0 radical (unpaired) electrons. The lowest BCUT2D eigenvalue weighted by atomic mass is 9.66. The number of aliphatic imine (C=N–C) groups is 1. The van der Waals surface area contributed by atoms with E-state index in [0.717, 1.165) is 80.1 Å². The van der Waals surface area contributed by atoms with Gasteiger partial charge in [0, 0.05) is 52.3 Å². The number of carbonyl (C=O) groups excluding carboxylic acids is 1.